The van der Waals surface area contributed by atoms with Gasteiger partial charge in [-0.2, -0.15) is 0 Å². The molecule has 3 unspecified atom stereocenters. The second-order valence-electron chi connectivity index (χ2n) is 9.03. The van der Waals surface area contributed by atoms with Crippen molar-refractivity contribution in [3.63, 3.8) is 0 Å². The topological polar surface area (TPSA) is 113 Å². The van der Waals surface area contributed by atoms with Gasteiger partial charge in [0, 0.05) is 12.0 Å². The number of carboxylic acids is 1. The zero-order chi connectivity index (χ0) is 19.3. The van der Waals surface area contributed by atoms with E-state index in [9.17, 15) is 19.8 Å². The maximum Gasteiger partial charge on any atom is 0.321 e. The number of primary amides is 1. The van der Waals surface area contributed by atoms with Crippen LogP contribution >= 0.6 is 0 Å². The van der Waals surface area contributed by atoms with Crippen LogP contribution in [0.15, 0.2) is 0 Å². The lowest BCUT2D eigenvalue weighted by molar-refractivity contribution is -0.145. The Kier molecular flexibility index (Phi) is 7.90. The van der Waals surface area contributed by atoms with Gasteiger partial charge >= 0.3 is 5.97 Å². The molecule has 0 aliphatic carbocycles. The standard InChI is InChI=1S/C18H36N2O4/c1-8-18(7,11-17(5,6)15(19)24)13(14(22)23)20-10-12(21)9-16(2,3)4/h12-13,20-21H,8-11H2,1-7H3,(H2,19,24)(H,22,23). The summed E-state index contributed by atoms with van der Waals surface area (Å²) in [6.07, 6.45) is 0.869. The second kappa shape index (κ2) is 8.30. The average Bonchev–Trinajstić information content (AvgIpc) is 2.35. The molecule has 0 bridgehead atoms. The SMILES string of the molecule is CCC(C)(CC(C)(C)C(N)=O)C(NCC(O)CC(C)(C)C)C(=O)O. The number of rotatable bonds is 10. The zero-order valence-electron chi connectivity index (χ0n) is 16.3. The first kappa shape index (κ1) is 22.9. The molecule has 0 aliphatic heterocycles. The number of aliphatic hydroxyl groups excluding tert-OH is 1. The molecule has 0 saturated heterocycles. The van der Waals surface area contributed by atoms with Crippen LogP contribution in [0.4, 0.5) is 0 Å². The van der Waals surface area contributed by atoms with Crippen molar-refractivity contribution in [2.24, 2.45) is 22.0 Å². The summed E-state index contributed by atoms with van der Waals surface area (Å²) in [5.41, 5.74) is 3.95. The minimum absolute atomic E-state index is 0.0398. The fraction of sp³-hybridized carbons (Fsp3) is 0.889. The van der Waals surface area contributed by atoms with E-state index in [0.29, 0.717) is 19.3 Å². The highest BCUT2D eigenvalue weighted by molar-refractivity contribution is 5.80. The molecule has 0 spiro atoms. The van der Waals surface area contributed by atoms with Gasteiger partial charge in [-0.25, -0.2) is 0 Å². The average molecular weight is 344 g/mol. The van der Waals surface area contributed by atoms with E-state index in [1.54, 1.807) is 13.8 Å². The highest BCUT2D eigenvalue weighted by Crippen LogP contribution is 2.39. The van der Waals surface area contributed by atoms with Gasteiger partial charge in [0.05, 0.1) is 6.10 Å². The summed E-state index contributed by atoms with van der Waals surface area (Å²) in [6.45, 7) is 13.5. The Labute approximate surface area is 146 Å². The second-order valence-corrected chi connectivity index (χ2v) is 9.03. The number of aliphatic hydroxyl groups is 1. The van der Waals surface area contributed by atoms with Gasteiger partial charge in [0.25, 0.3) is 0 Å². The van der Waals surface area contributed by atoms with E-state index in [2.05, 4.69) is 5.32 Å². The van der Waals surface area contributed by atoms with Gasteiger partial charge < -0.3 is 21.3 Å². The van der Waals surface area contributed by atoms with Crippen LogP contribution in [0, 0.1) is 16.2 Å². The van der Waals surface area contributed by atoms with Crippen molar-refractivity contribution >= 4 is 11.9 Å². The van der Waals surface area contributed by atoms with E-state index >= 15 is 0 Å². The number of aliphatic carboxylic acids is 1. The number of carboxylic acid groups (broad SMARTS) is 1. The van der Waals surface area contributed by atoms with Crippen LogP contribution in [0.2, 0.25) is 0 Å². The molecule has 3 atom stereocenters. The lowest BCUT2D eigenvalue weighted by Gasteiger charge is -2.40. The number of carbonyl (C=O) groups excluding carboxylic acids is 1. The number of hydrogen-bond donors (Lipinski definition) is 4. The molecule has 1 amide bonds. The van der Waals surface area contributed by atoms with Gasteiger partial charge in [-0.1, -0.05) is 48.5 Å². The lowest BCUT2D eigenvalue weighted by Crippen LogP contribution is -2.53. The summed E-state index contributed by atoms with van der Waals surface area (Å²) >= 11 is 0. The van der Waals surface area contributed by atoms with Crippen molar-refractivity contribution in [1.29, 1.82) is 0 Å². The Morgan fingerprint density at radius 2 is 1.62 bits per heavy atom. The van der Waals surface area contributed by atoms with Crippen molar-refractivity contribution in [3.8, 4) is 0 Å². The molecular weight excluding hydrogens is 308 g/mol. The molecule has 6 heteroatoms. The van der Waals surface area contributed by atoms with Crippen molar-refractivity contribution < 1.29 is 19.8 Å². The molecule has 142 valence electrons. The zero-order valence-corrected chi connectivity index (χ0v) is 16.3. The van der Waals surface area contributed by atoms with Gasteiger partial charge in [0.2, 0.25) is 5.91 Å². The van der Waals surface area contributed by atoms with Crippen molar-refractivity contribution in [2.75, 3.05) is 6.54 Å². The molecule has 0 aromatic carbocycles. The van der Waals surface area contributed by atoms with Crippen LogP contribution in [0.5, 0.6) is 0 Å². The quantitative estimate of drug-likeness (QED) is 0.485. The van der Waals surface area contributed by atoms with E-state index < -0.39 is 34.9 Å². The van der Waals surface area contributed by atoms with Crippen LogP contribution in [-0.4, -0.2) is 40.8 Å². The predicted molar refractivity (Wildman–Crippen MR) is 95.5 cm³/mol. The number of nitrogens with two attached hydrogens (primary N) is 1. The van der Waals surface area contributed by atoms with Gasteiger partial charge in [-0.3, -0.25) is 9.59 Å². The number of hydrogen-bond acceptors (Lipinski definition) is 4. The molecule has 0 aromatic rings. The molecular formula is C18H36N2O4. The Balaban J connectivity index is 5.18. The molecule has 0 radical (unpaired) electrons. The first-order valence-corrected chi connectivity index (χ1v) is 8.59. The summed E-state index contributed by atoms with van der Waals surface area (Å²) < 4.78 is 0. The van der Waals surface area contributed by atoms with E-state index in [0.717, 1.165) is 0 Å². The van der Waals surface area contributed by atoms with Gasteiger partial charge in [-0.15, -0.1) is 0 Å². The fourth-order valence-corrected chi connectivity index (χ4v) is 3.19. The first-order valence-electron chi connectivity index (χ1n) is 8.59. The molecule has 5 N–H and O–H groups in total. The van der Waals surface area contributed by atoms with E-state index in [4.69, 9.17) is 5.73 Å². The largest absolute Gasteiger partial charge is 0.480 e. The minimum Gasteiger partial charge on any atom is -0.480 e. The number of carbonyl (C=O) groups is 2. The van der Waals surface area contributed by atoms with Crippen molar-refractivity contribution in [2.45, 2.75) is 79.9 Å². The van der Waals surface area contributed by atoms with E-state index in [1.807, 2.05) is 34.6 Å². The minimum atomic E-state index is -0.984. The Morgan fingerprint density at radius 1 is 1.12 bits per heavy atom. The number of amides is 1. The molecule has 0 fully saturated rings. The van der Waals surface area contributed by atoms with Gasteiger partial charge in [-0.05, 0) is 30.1 Å². The summed E-state index contributed by atoms with van der Waals surface area (Å²) in [4.78, 5) is 23.4. The van der Waals surface area contributed by atoms with Crippen LogP contribution in [0.3, 0.4) is 0 Å². The summed E-state index contributed by atoms with van der Waals surface area (Å²) in [5.74, 6) is -1.43. The van der Waals surface area contributed by atoms with Crippen molar-refractivity contribution in [1.82, 2.24) is 5.32 Å². The lowest BCUT2D eigenvalue weighted by atomic mass is 9.68. The summed E-state index contributed by atoms with van der Waals surface area (Å²) in [6, 6.07) is -0.865. The van der Waals surface area contributed by atoms with Crippen molar-refractivity contribution in [3.05, 3.63) is 0 Å². The van der Waals surface area contributed by atoms with Crippen LogP contribution in [-0.2, 0) is 9.59 Å². The molecule has 0 saturated carbocycles. The Hall–Kier alpha value is -1.14. The molecule has 0 heterocycles. The first-order chi connectivity index (χ1) is 10.6. The predicted octanol–water partition coefficient (Wildman–Crippen LogP) is 2.14. The van der Waals surface area contributed by atoms with Crippen LogP contribution < -0.4 is 11.1 Å². The maximum atomic E-state index is 11.8. The third-order valence-electron chi connectivity index (χ3n) is 4.67. The molecule has 24 heavy (non-hydrogen) atoms. The highest BCUT2D eigenvalue weighted by atomic mass is 16.4. The highest BCUT2D eigenvalue weighted by Gasteiger charge is 2.43. The normalized spacial score (nSPS) is 17.8. The fourth-order valence-electron chi connectivity index (χ4n) is 3.19. The van der Waals surface area contributed by atoms with Crippen LogP contribution in [0.1, 0.15) is 67.7 Å². The monoisotopic (exact) mass is 344 g/mol. The summed E-state index contributed by atoms with van der Waals surface area (Å²) in [7, 11) is 0. The smallest absolute Gasteiger partial charge is 0.321 e. The van der Waals surface area contributed by atoms with E-state index in [1.165, 1.54) is 0 Å². The molecule has 0 aliphatic rings. The third-order valence-corrected chi connectivity index (χ3v) is 4.67. The van der Waals surface area contributed by atoms with Crippen LogP contribution in [0.25, 0.3) is 0 Å². The van der Waals surface area contributed by atoms with Gasteiger partial charge in [0.15, 0.2) is 0 Å². The van der Waals surface area contributed by atoms with E-state index in [-0.39, 0.29) is 12.0 Å². The Morgan fingerprint density at radius 3 is 1.96 bits per heavy atom. The number of nitrogens with one attached hydrogen (secondary N) is 1. The molecule has 0 rings (SSSR count). The van der Waals surface area contributed by atoms with Gasteiger partial charge in [0.1, 0.15) is 6.04 Å². The molecule has 6 nitrogen and oxygen atoms in total. The summed E-state index contributed by atoms with van der Waals surface area (Å²) in [5, 5.41) is 22.8. The third kappa shape index (κ3) is 7.18. The Bertz CT molecular complexity index is 443. The molecule has 0 aromatic heterocycles. The maximum absolute atomic E-state index is 11.8.